The highest BCUT2D eigenvalue weighted by molar-refractivity contribution is 5.87. The lowest BCUT2D eigenvalue weighted by Gasteiger charge is -2.25. The van der Waals surface area contributed by atoms with Crippen LogP contribution in [0.3, 0.4) is 0 Å². The Labute approximate surface area is 87.7 Å². The van der Waals surface area contributed by atoms with Crippen molar-refractivity contribution < 1.29 is 14.3 Å². The Morgan fingerprint density at radius 1 is 1.53 bits per heavy atom. The number of piperazine rings is 1. The number of carbonyl (C=O) groups is 1. The number of nitrogens with one attached hydrogen (secondary N) is 1. The van der Waals surface area contributed by atoms with Crippen molar-refractivity contribution in [2.45, 2.75) is 6.54 Å². The van der Waals surface area contributed by atoms with Gasteiger partial charge in [-0.15, -0.1) is 0 Å². The summed E-state index contributed by atoms with van der Waals surface area (Å²) in [4.78, 5) is 12.9. The Kier molecular flexibility index (Phi) is 3.03. The molecule has 2 N–H and O–H groups in total. The van der Waals surface area contributed by atoms with Gasteiger partial charge in [0.2, 0.25) is 0 Å². The van der Waals surface area contributed by atoms with E-state index in [9.17, 15) is 4.79 Å². The molecule has 0 radical (unpaired) electrons. The summed E-state index contributed by atoms with van der Waals surface area (Å²) in [6, 6.07) is 1.59. The van der Waals surface area contributed by atoms with E-state index in [2.05, 4.69) is 10.2 Å². The van der Waals surface area contributed by atoms with Crippen molar-refractivity contribution in [3.8, 4) is 0 Å². The minimum absolute atomic E-state index is 0.222. The van der Waals surface area contributed by atoms with E-state index < -0.39 is 5.97 Å². The summed E-state index contributed by atoms with van der Waals surface area (Å²) in [6.45, 7) is 4.60. The number of hydrogen-bond donors (Lipinski definition) is 2. The summed E-state index contributed by atoms with van der Waals surface area (Å²) in [7, 11) is 0. The van der Waals surface area contributed by atoms with Gasteiger partial charge in [0.1, 0.15) is 12.0 Å². The fraction of sp³-hybridized carbons (Fsp3) is 0.500. The summed E-state index contributed by atoms with van der Waals surface area (Å²) in [5.74, 6) is -0.223. The lowest BCUT2D eigenvalue weighted by molar-refractivity contribution is 0.0696. The molecule has 1 aromatic rings. The maximum Gasteiger partial charge on any atom is 0.338 e. The number of furan rings is 1. The van der Waals surface area contributed by atoms with Gasteiger partial charge in [-0.3, -0.25) is 4.90 Å². The predicted molar refractivity (Wildman–Crippen MR) is 53.8 cm³/mol. The van der Waals surface area contributed by atoms with Gasteiger partial charge < -0.3 is 14.8 Å². The SMILES string of the molecule is O=C(O)c1coc(CN2CCNCC2)c1. The third-order valence-corrected chi connectivity index (χ3v) is 2.49. The van der Waals surface area contributed by atoms with Gasteiger partial charge in [0.25, 0.3) is 0 Å². The zero-order valence-corrected chi connectivity index (χ0v) is 8.40. The highest BCUT2D eigenvalue weighted by Crippen LogP contribution is 2.10. The van der Waals surface area contributed by atoms with Crippen molar-refractivity contribution in [2.75, 3.05) is 26.2 Å². The third-order valence-electron chi connectivity index (χ3n) is 2.49. The molecule has 1 fully saturated rings. The van der Waals surface area contributed by atoms with Crippen LogP contribution in [0.4, 0.5) is 0 Å². The fourth-order valence-corrected chi connectivity index (χ4v) is 1.67. The van der Waals surface area contributed by atoms with Crippen LogP contribution in [-0.4, -0.2) is 42.2 Å². The van der Waals surface area contributed by atoms with Crippen LogP contribution in [0.1, 0.15) is 16.1 Å². The van der Waals surface area contributed by atoms with Gasteiger partial charge in [-0.25, -0.2) is 4.79 Å². The molecule has 0 saturated carbocycles. The van der Waals surface area contributed by atoms with E-state index in [0.29, 0.717) is 12.3 Å². The van der Waals surface area contributed by atoms with Gasteiger partial charge in [-0.2, -0.15) is 0 Å². The summed E-state index contributed by atoms with van der Waals surface area (Å²) >= 11 is 0. The zero-order valence-electron chi connectivity index (χ0n) is 8.40. The third kappa shape index (κ3) is 2.57. The number of carboxylic acids is 1. The van der Waals surface area contributed by atoms with Crippen molar-refractivity contribution in [2.24, 2.45) is 0 Å². The standard InChI is InChI=1S/C10H14N2O3/c13-10(14)8-5-9(15-7-8)6-12-3-1-11-2-4-12/h5,7,11H,1-4,6H2,(H,13,14). The van der Waals surface area contributed by atoms with E-state index in [4.69, 9.17) is 9.52 Å². The molecule has 0 aromatic carbocycles. The summed E-state index contributed by atoms with van der Waals surface area (Å²) in [5.41, 5.74) is 0.222. The van der Waals surface area contributed by atoms with Gasteiger partial charge in [0.05, 0.1) is 12.1 Å². The monoisotopic (exact) mass is 210 g/mol. The molecule has 0 atom stereocenters. The molecular formula is C10H14N2O3. The number of nitrogens with zero attached hydrogens (tertiary/aromatic N) is 1. The van der Waals surface area contributed by atoms with Crippen LogP contribution in [0.15, 0.2) is 16.7 Å². The van der Waals surface area contributed by atoms with Crippen LogP contribution in [0.25, 0.3) is 0 Å². The van der Waals surface area contributed by atoms with E-state index in [1.807, 2.05) is 0 Å². The Balaban J connectivity index is 1.94. The first-order valence-electron chi connectivity index (χ1n) is 4.99. The Morgan fingerprint density at radius 3 is 2.87 bits per heavy atom. The van der Waals surface area contributed by atoms with Crippen molar-refractivity contribution >= 4 is 5.97 Å². The minimum atomic E-state index is -0.940. The summed E-state index contributed by atoms with van der Waals surface area (Å²) in [6.07, 6.45) is 1.29. The normalized spacial score (nSPS) is 17.9. The molecule has 0 amide bonds. The highest BCUT2D eigenvalue weighted by atomic mass is 16.4. The second-order valence-corrected chi connectivity index (χ2v) is 3.63. The molecule has 1 aliphatic heterocycles. The number of aromatic carboxylic acids is 1. The van der Waals surface area contributed by atoms with Crippen molar-refractivity contribution in [3.63, 3.8) is 0 Å². The Morgan fingerprint density at radius 2 is 2.27 bits per heavy atom. The van der Waals surface area contributed by atoms with E-state index in [1.165, 1.54) is 6.26 Å². The smallest absolute Gasteiger partial charge is 0.338 e. The van der Waals surface area contributed by atoms with Crippen LogP contribution in [0.5, 0.6) is 0 Å². The van der Waals surface area contributed by atoms with E-state index >= 15 is 0 Å². The molecular weight excluding hydrogens is 196 g/mol. The van der Waals surface area contributed by atoms with Crippen LogP contribution in [0, 0.1) is 0 Å². The molecule has 0 spiro atoms. The first kappa shape index (κ1) is 10.2. The van der Waals surface area contributed by atoms with Gasteiger partial charge >= 0.3 is 5.97 Å². The van der Waals surface area contributed by atoms with Crippen LogP contribution >= 0.6 is 0 Å². The second kappa shape index (κ2) is 4.46. The molecule has 0 bridgehead atoms. The predicted octanol–water partition coefficient (Wildman–Crippen LogP) is 0.383. The van der Waals surface area contributed by atoms with E-state index in [1.54, 1.807) is 6.07 Å². The fourth-order valence-electron chi connectivity index (χ4n) is 1.67. The molecule has 2 heterocycles. The molecule has 5 heteroatoms. The number of carboxylic acid groups (broad SMARTS) is 1. The highest BCUT2D eigenvalue weighted by Gasteiger charge is 2.13. The van der Waals surface area contributed by atoms with Gasteiger partial charge in [-0.1, -0.05) is 0 Å². The summed E-state index contributed by atoms with van der Waals surface area (Å²) < 4.78 is 5.19. The maximum atomic E-state index is 10.6. The van der Waals surface area contributed by atoms with Gasteiger partial charge in [0.15, 0.2) is 0 Å². The number of rotatable bonds is 3. The maximum absolute atomic E-state index is 10.6. The molecule has 0 aliphatic carbocycles. The van der Waals surface area contributed by atoms with Crippen LogP contribution in [-0.2, 0) is 6.54 Å². The Hall–Kier alpha value is -1.33. The average molecular weight is 210 g/mol. The first-order chi connectivity index (χ1) is 7.25. The van der Waals surface area contributed by atoms with Crippen LogP contribution < -0.4 is 5.32 Å². The zero-order chi connectivity index (χ0) is 10.7. The quantitative estimate of drug-likeness (QED) is 0.755. The number of hydrogen-bond acceptors (Lipinski definition) is 4. The molecule has 5 nitrogen and oxygen atoms in total. The van der Waals surface area contributed by atoms with E-state index in [-0.39, 0.29) is 5.56 Å². The molecule has 1 aromatic heterocycles. The minimum Gasteiger partial charge on any atom is -0.478 e. The van der Waals surface area contributed by atoms with E-state index in [0.717, 1.165) is 26.2 Å². The van der Waals surface area contributed by atoms with Crippen molar-refractivity contribution in [1.82, 2.24) is 10.2 Å². The van der Waals surface area contributed by atoms with Crippen LogP contribution in [0.2, 0.25) is 0 Å². The lowest BCUT2D eigenvalue weighted by atomic mass is 10.3. The molecule has 0 unspecified atom stereocenters. The van der Waals surface area contributed by atoms with Crippen molar-refractivity contribution in [1.29, 1.82) is 0 Å². The molecule has 15 heavy (non-hydrogen) atoms. The molecule has 82 valence electrons. The molecule has 1 saturated heterocycles. The second-order valence-electron chi connectivity index (χ2n) is 3.63. The van der Waals surface area contributed by atoms with Gasteiger partial charge in [0, 0.05) is 26.2 Å². The lowest BCUT2D eigenvalue weighted by Crippen LogP contribution is -2.42. The first-order valence-corrected chi connectivity index (χ1v) is 4.99. The largest absolute Gasteiger partial charge is 0.478 e. The summed E-state index contributed by atoms with van der Waals surface area (Å²) in [5, 5.41) is 12.0. The Bertz CT molecular complexity index is 342. The average Bonchev–Trinajstić information content (AvgIpc) is 2.68. The topological polar surface area (TPSA) is 65.7 Å². The molecule has 1 aliphatic rings. The molecule has 2 rings (SSSR count). The van der Waals surface area contributed by atoms with Crippen molar-refractivity contribution in [3.05, 3.63) is 23.7 Å². The van der Waals surface area contributed by atoms with Gasteiger partial charge in [-0.05, 0) is 6.07 Å².